The molecule has 6 nitrogen and oxygen atoms in total. The molecular formula is C12H22N4O2S. The summed E-state index contributed by atoms with van der Waals surface area (Å²) >= 11 is 0. The third-order valence-corrected chi connectivity index (χ3v) is 3.80. The minimum Gasteiger partial charge on any atom is -0.490 e. The molecule has 1 aromatic heterocycles. The van der Waals surface area contributed by atoms with Gasteiger partial charge in [0, 0.05) is 35.4 Å². The van der Waals surface area contributed by atoms with Crippen molar-refractivity contribution < 1.29 is 8.95 Å². The minimum absolute atomic E-state index is 0.596. The first-order valence-corrected chi connectivity index (χ1v) is 7.93. The zero-order chi connectivity index (χ0) is 14.1. The van der Waals surface area contributed by atoms with Gasteiger partial charge >= 0.3 is 0 Å². The van der Waals surface area contributed by atoms with E-state index in [1.54, 1.807) is 7.11 Å². The lowest BCUT2D eigenvalue weighted by Crippen LogP contribution is -2.14. The molecule has 1 atom stereocenters. The van der Waals surface area contributed by atoms with E-state index in [0.717, 1.165) is 13.0 Å². The minimum atomic E-state index is -0.782. The van der Waals surface area contributed by atoms with Crippen molar-refractivity contribution >= 4 is 22.4 Å². The fourth-order valence-corrected chi connectivity index (χ4v) is 2.11. The number of anilines is 2. The predicted octanol–water partition coefficient (Wildman–Crippen LogP) is 1.49. The van der Waals surface area contributed by atoms with Crippen LogP contribution in [0.15, 0.2) is 6.33 Å². The maximum atomic E-state index is 11.4. The average molecular weight is 286 g/mol. The van der Waals surface area contributed by atoms with Gasteiger partial charge in [0.1, 0.15) is 6.33 Å². The summed E-state index contributed by atoms with van der Waals surface area (Å²) < 4.78 is 16.7. The molecule has 1 rings (SSSR count). The van der Waals surface area contributed by atoms with E-state index in [1.165, 1.54) is 6.33 Å². The standard InChI is InChI=1S/C12H22N4O2S/c1-4-6-13-11-10(18-3)12(16-9-15-11)14-7-8-19(17)5-2/h9H,4-8H2,1-3H3,(H2,13,14,15,16). The van der Waals surface area contributed by atoms with Gasteiger partial charge in [-0.05, 0) is 6.42 Å². The van der Waals surface area contributed by atoms with E-state index in [2.05, 4.69) is 27.5 Å². The third-order valence-electron chi connectivity index (χ3n) is 2.49. The van der Waals surface area contributed by atoms with Gasteiger partial charge in [-0.2, -0.15) is 0 Å². The Balaban J connectivity index is 2.68. The van der Waals surface area contributed by atoms with Gasteiger partial charge in [0.05, 0.1) is 7.11 Å². The van der Waals surface area contributed by atoms with Crippen molar-refractivity contribution in [3.05, 3.63) is 6.33 Å². The summed E-state index contributed by atoms with van der Waals surface area (Å²) in [5.74, 6) is 3.17. The van der Waals surface area contributed by atoms with Crippen LogP contribution in [0.1, 0.15) is 20.3 Å². The van der Waals surface area contributed by atoms with Crippen LogP contribution in [0.4, 0.5) is 11.6 Å². The second-order valence-electron chi connectivity index (χ2n) is 3.89. The number of aromatic nitrogens is 2. The van der Waals surface area contributed by atoms with Gasteiger partial charge in [-0.25, -0.2) is 9.97 Å². The van der Waals surface area contributed by atoms with E-state index >= 15 is 0 Å². The average Bonchev–Trinajstić information content (AvgIpc) is 2.44. The molecule has 0 radical (unpaired) electrons. The highest BCUT2D eigenvalue weighted by Crippen LogP contribution is 2.28. The van der Waals surface area contributed by atoms with Crippen LogP contribution in [0.25, 0.3) is 0 Å². The lowest BCUT2D eigenvalue weighted by atomic mass is 10.4. The Kier molecular flexibility index (Phi) is 7.17. The van der Waals surface area contributed by atoms with Crippen molar-refractivity contribution in [2.75, 3.05) is 42.3 Å². The van der Waals surface area contributed by atoms with Crippen LogP contribution >= 0.6 is 0 Å². The molecule has 108 valence electrons. The van der Waals surface area contributed by atoms with Crippen LogP contribution in [0.3, 0.4) is 0 Å². The molecular weight excluding hydrogens is 264 g/mol. The summed E-state index contributed by atoms with van der Waals surface area (Å²) in [6, 6.07) is 0. The van der Waals surface area contributed by atoms with E-state index in [1.807, 2.05) is 6.92 Å². The summed E-state index contributed by atoms with van der Waals surface area (Å²) in [5.41, 5.74) is 0. The molecule has 1 aromatic rings. The number of hydrogen-bond acceptors (Lipinski definition) is 6. The lowest BCUT2D eigenvalue weighted by Gasteiger charge is -2.13. The van der Waals surface area contributed by atoms with Crippen molar-refractivity contribution in [2.45, 2.75) is 20.3 Å². The molecule has 0 aliphatic carbocycles. The first-order chi connectivity index (χ1) is 9.22. The Hall–Kier alpha value is -1.37. The molecule has 0 aliphatic rings. The second kappa shape index (κ2) is 8.68. The fourth-order valence-electron chi connectivity index (χ4n) is 1.49. The van der Waals surface area contributed by atoms with Crippen molar-refractivity contribution in [1.82, 2.24) is 9.97 Å². The number of rotatable bonds is 9. The number of nitrogens with zero attached hydrogens (tertiary/aromatic N) is 2. The summed E-state index contributed by atoms with van der Waals surface area (Å²) in [7, 11) is 0.807. The maximum absolute atomic E-state index is 11.4. The Morgan fingerprint density at radius 1 is 1.21 bits per heavy atom. The zero-order valence-corrected chi connectivity index (χ0v) is 12.5. The Labute approximate surface area is 116 Å². The van der Waals surface area contributed by atoms with E-state index in [4.69, 9.17) is 4.74 Å². The van der Waals surface area contributed by atoms with Crippen LogP contribution in [0.2, 0.25) is 0 Å². The predicted molar refractivity (Wildman–Crippen MR) is 79.4 cm³/mol. The van der Waals surface area contributed by atoms with Crippen molar-refractivity contribution in [3.63, 3.8) is 0 Å². The van der Waals surface area contributed by atoms with Gasteiger partial charge in [-0.15, -0.1) is 0 Å². The van der Waals surface area contributed by atoms with E-state index < -0.39 is 10.8 Å². The molecule has 1 unspecified atom stereocenters. The number of nitrogens with one attached hydrogen (secondary N) is 2. The topological polar surface area (TPSA) is 76.1 Å². The van der Waals surface area contributed by atoms with Crippen LogP contribution in [0.5, 0.6) is 5.75 Å². The second-order valence-corrected chi connectivity index (χ2v) is 5.76. The normalized spacial score (nSPS) is 11.9. The quantitative estimate of drug-likeness (QED) is 0.716. The summed E-state index contributed by atoms with van der Waals surface area (Å²) in [6.45, 7) is 5.42. The van der Waals surface area contributed by atoms with Crippen molar-refractivity contribution in [2.24, 2.45) is 0 Å². The van der Waals surface area contributed by atoms with Crippen LogP contribution < -0.4 is 15.4 Å². The Morgan fingerprint density at radius 2 is 1.84 bits per heavy atom. The Bertz CT molecular complexity index is 415. The highest BCUT2D eigenvalue weighted by Gasteiger charge is 2.11. The van der Waals surface area contributed by atoms with Crippen molar-refractivity contribution in [3.8, 4) is 5.75 Å². The van der Waals surface area contributed by atoms with Gasteiger partial charge in [-0.3, -0.25) is 4.21 Å². The number of methoxy groups -OCH3 is 1. The molecule has 1 heterocycles. The Morgan fingerprint density at radius 3 is 2.37 bits per heavy atom. The summed E-state index contributed by atoms with van der Waals surface area (Å²) in [6.07, 6.45) is 2.49. The highest BCUT2D eigenvalue weighted by atomic mass is 32.2. The SMILES string of the molecule is CCCNc1ncnc(NCCS(=O)CC)c1OC. The first kappa shape index (κ1) is 15.7. The van der Waals surface area contributed by atoms with Crippen molar-refractivity contribution in [1.29, 1.82) is 0 Å². The molecule has 0 aromatic carbocycles. The van der Waals surface area contributed by atoms with E-state index in [0.29, 0.717) is 35.4 Å². The van der Waals surface area contributed by atoms with Gasteiger partial charge in [0.2, 0.25) is 5.75 Å². The molecule has 7 heteroatoms. The van der Waals surface area contributed by atoms with Gasteiger partial charge in [-0.1, -0.05) is 13.8 Å². The monoisotopic (exact) mass is 286 g/mol. The molecule has 0 spiro atoms. The maximum Gasteiger partial charge on any atom is 0.204 e. The zero-order valence-electron chi connectivity index (χ0n) is 11.7. The third kappa shape index (κ3) is 5.02. The first-order valence-electron chi connectivity index (χ1n) is 6.44. The number of ether oxygens (including phenoxy) is 1. The molecule has 2 N–H and O–H groups in total. The van der Waals surface area contributed by atoms with Crippen LogP contribution in [-0.2, 0) is 10.8 Å². The van der Waals surface area contributed by atoms with Crippen LogP contribution in [0, 0.1) is 0 Å². The molecule has 0 amide bonds. The molecule has 0 aliphatic heterocycles. The lowest BCUT2D eigenvalue weighted by molar-refractivity contribution is 0.414. The summed E-state index contributed by atoms with van der Waals surface area (Å²) in [4.78, 5) is 8.31. The molecule has 0 fully saturated rings. The van der Waals surface area contributed by atoms with E-state index in [-0.39, 0.29) is 0 Å². The smallest absolute Gasteiger partial charge is 0.204 e. The van der Waals surface area contributed by atoms with Gasteiger partial charge < -0.3 is 15.4 Å². The molecule has 0 bridgehead atoms. The fraction of sp³-hybridized carbons (Fsp3) is 0.667. The largest absolute Gasteiger partial charge is 0.490 e. The molecule has 0 saturated heterocycles. The molecule has 0 saturated carbocycles. The van der Waals surface area contributed by atoms with Gasteiger partial charge in [0.25, 0.3) is 0 Å². The van der Waals surface area contributed by atoms with Gasteiger partial charge in [0.15, 0.2) is 11.6 Å². The molecule has 19 heavy (non-hydrogen) atoms. The number of hydrogen-bond donors (Lipinski definition) is 2. The summed E-state index contributed by atoms with van der Waals surface area (Å²) in [5, 5.41) is 6.33. The van der Waals surface area contributed by atoms with E-state index in [9.17, 15) is 4.21 Å². The van der Waals surface area contributed by atoms with Crippen LogP contribution in [-0.4, -0.2) is 45.9 Å². The highest BCUT2D eigenvalue weighted by molar-refractivity contribution is 7.84.